The first-order chi connectivity index (χ1) is 11.2. The molecule has 2 rings (SSSR count). The molecule has 0 aliphatic heterocycles. The number of aliphatic hydroxyl groups is 1. The molecule has 0 atom stereocenters. The van der Waals surface area contributed by atoms with Gasteiger partial charge >= 0.3 is 0 Å². The number of hydrogen-bond donors (Lipinski definition) is 1. The Morgan fingerprint density at radius 1 is 0.696 bits per heavy atom. The van der Waals surface area contributed by atoms with Gasteiger partial charge in [-0.05, 0) is 43.9 Å². The van der Waals surface area contributed by atoms with Crippen LogP contribution in [0.25, 0.3) is 0 Å². The summed E-state index contributed by atoms with van der Waals surface area (Å²) in [5.41, 5.74) is 0.469. The molecule has 0 aromatic carbocycles. The molecule has 0 spiro atoms. The molecule has 0 aromatic rings. The van der Waals surface area contributed by atoms with Gasteiger partial charge in [0.05, 0.1) is 0 Å². The maximum Gasteiger partial charge on any atom is 0.126 e. The number of hydrogen-bond acceptors (Lipinski definition) is 2. The Hall–Kier alpha value is -0.370. The van der Waals surface area contributed by atoms with E-state index in [1.54, 1.807) is 0 Å². The van der Waals surface area contributed by atoms with Crippen LogP contribution in [0.5, 0.6) is 0 Å². The van der Waals surface area contributed by atoms with Crippen molar-refractivity contribution in [3.05, 3.63) is 0 Å². The largest absolute Gasteiger partial charge is 0.396 e. The second kappa shape index (κ2) is 9.81. The van der Waals surface area contributed by atoms with Crippen LogP contribution in [0.4, 0.5) is 0 Å². The van der Waals surface area contributed by atoms with Gasteiger partial charge in [0.2, 0.25) is 0 Å². The van der Waals surface area contributed by atoms with Gasteiger partial charge in [-0.3, -0.25) is 0 Å². The second-order valence-corrected chi connectivity index (χ2v) is 8.53. The number of unbranched alkanes of at least 4 members (excludes halogenated alkanes) is 9. The fourth-order valence-corrected chi connectivity index (χ4v) is 4.11. The Kier molecular flexibility index (Phi) is 8.09. The smallest absolute Gasteiger partial charge is 0.126 e. The highest BCUT2D eigenvalue weighted by molar-refractivity contribution is 5.60. The highest BCUT2D eigenvalue weighted by Crippen LogP contribution is 2.49. The van der Waals surface area contributed by atoms with E-state index in [2.05, 4.69) is 0 Å². The molecule has 2 nitrogen and oxygen atoms in total. The lowest BCUT2D eigenvalue weighted by Gasteiger charge is -2.36. The Morgan fingerprint density at radius 3 is 1.52 bits per heavy atom. The van der Waals surface area contributed by atoms with Gasteiger partial charge in [0.1, 0.15) is 6.29 Å². The van der Waals surface area contributed by atoms with Crippen LogP contribution in [0.15, 0.2) is 0 Å². The van der Waals surface area contributed by atoms with Crippen molar-refractivity contribution in [1.82, 2.24) is 0 Å². The van der Waals surface area contributed by atoms with Gasteiger partial charge < -0.3 is 9.90 Å². The van der Waals surface area contributed by atoms with Crippen LogP contribution in [0.2, 0.25) is 0 Å². The van der Waals surface area contributed by atoms with Crippen LogP contribution >= 0.6 is 0 Å². The van der Waals surface area contributed by atoms with E-state index >= 15 is 0 Å². The molecule has 0 heterocycles. The molecule has 1 N–H and O–H groups in total. The van der Waals surface area contributed by atoms with E-state index in [1.165, 1.54) is 96.2 Å². The molecule has 0 aromatic heterocycles. The van der Waals surface area contributed by atoms with E-state index in [0.717, 1.165) is 19.3 Å². The number of carbonyl (C=O) groups is 1. The minimum atomic E-state index is 0.106. The van der Waals surface area contributed by atoms with Crippen molar-refractivity contribution in [2.75, 3.05) is 6.61 Å². The van der Waals surface area contributed by atoms with Gasteiger partial charge in [-0.25, -0.2) is 0 Å². The minimum absolute atomic E-state index is 0.106. The van der Waals surface area contributed by atoms with Crippen LogP contribution in [0, 0.1) is 10.8 Å². The zero-order valence-electron chi connectivity index (χ0n) is 15.2. The maximum atomic E-state index is 11.1. The van der Waals surface area contributed by atoms with Crippen LogP contribution < -0.4 is 0 Å². The Balaban J connectivity index is 1.29. The predicted molar refractivity (Wildman–Crippen MR) is 96.5 cm³/mol. The first-order valence-electron chi connectivity index (χ1n) is 10.3. The van der Waals surface area contributed by atoms with Crippen molar-refractivity contribution in [1.29, 1.82) is 0 Å². The zero-order chi connectivity index (χ0) is 16.4. The lowest BCUT2D eigenvalue weighted by Crippen LogP contribution is -2.30. The van der Waals surface area contributed by atoms with Gasteiger partial charge in [-0.2, -0.15) is 0 Å². The average molecular weight is 323 g/mol. The summed E-state index contributed by atoms with van der Waals surface area (Å²) in [7, 11) is 0. The van der Waals surface area contributed by atoms with Crippen LogP contribution in [-0.4, -0.2) is 18.0 Å². The summed E-state index contributed by atoms with van der Waals surface area (Å²) >= 11 is 0. The molecule has 2 heteroatoms. The van der Waals surface area contributed by atoms with E-state index < -0.39 is 0 Å². The highest BCUT2D eigenvalue weighted by Gasteiger charge is 2.40. The Morgan fingerprint density at radius 2 is 1.17 bits per heavy atom. The molecule has 0 bridgehead atoms. The van der Waals surface area contributed by atoms with Crippen molar-refractivity contribution >= 4 is 6.29 Å². The van der Waals surface area contributed by atoms with Gasteiger partial charge in [0, 0.05) is 12.0 Å². The first-order valence-corrected chi connectivity index (χ1v) is 10.3. The van der Waals surface area contributed by atoms with E-state index in [0.29, 0.717) is 12.0 Å². The highest BCUT2D eigenvalue weighted by atomic mass is 16.3. The van der Waals surface area contributed by atoms with Crippen molar-refractivity contribution in [3.8, 4) is 0 Å². The summed E-state index contributed by atoms with van der Waals surface area (Å²) in [6.45, 7) is 0.418. The molecule has 2 saturated carbocycles. The SMILES string of the molecule is O=CC1(CCCCCCCCCCCCC2(CO)CC2)CCC1. The molecule has 2 aliphatic carbocycles. The Labute approximate surface area is 143 Å². The van der Waals surface area contributed by atoms with Gasteiger partial charge in [-0.1, -0.05) is 70.6 Å². The van der Waals surface area contributed by atoms with E-state index in [1.807, 2.05) is 0 Å². The first kappa shape index (κ1) is 19.0. The van der Waals surface area contributed by atoms with Crippen molar-refractivity contribution in [2.24, 2.45) is 10.8 Å². The molecule has 2 aliphatic rings. The predicted octanol–water partition coefficient (Wildman–Crippen LogP) is 5.81. The van der Waals surface area contributed by atoms with Gasteiger partial charge in [0.15, 0.2) is 0 Å². The lowest BCUT2D eigenvalue weighted by molar-refractivity contribution is -0.121. The Bertz CT molecular complexity index is 329. The van der Waals surface area contributed by atoms with Crippen molar-refractivity contribution in [3.63, 3.8) is 0 Å². The zero-order valence-corrected chi connectivity index (χ0v) is 15.2. The number of carbonyl (C=O) groups excluding carboxylic acids is 1. The molecule has 23 heavy (non-hydrogen) atoms. The second-order valence-electron chi connectivity index (χ2n) is 8.53. The third-order valence-corrected chi connectivity index (χ3v) is 6.52. The standard InChI is InChI=1S/C21H38O2/c22-18-20(14-11-15-20)12-9-7-5-3-1-2-4-6-8-10-13-21(19-23)16-17-21/h18,23H,1-17,19H2. The normalized spacial score (nSPS) is 20.9. The summed E-state index contributed by atoms with van der Waals surface area (Å²) in [6, 6.07) is 0. The summed E-state index contributed by atoms with van der Waals surface area (Å²) in [5, 5.41) is 9.28. The number of rotatable bonds is 15. The average Bonchev–Trinajstić information content (AvgIpc) is 3.31. The molecular formula is C21H38O2. The third-order valence-electron chi connectivity index (χ3n) is 6.52. The van der Waals surface area contributed by atoms with E-state index in [-0.39, 0.29) is 5.41 Å². The molecule has 0 radical (unpaired) electrons. The van der Waals surface area contributed by atoms with Crippen molar-refractivity contribution < 1.29 is 9.90 Å². The molecule has 0 amide bonds. The van der Waals surface area contributed by atoms with Crippen LogP contribution in [-0.2, 0) is 4.79 Å². The van der Waals surface area contributed by atoms with E-state index in [4.69, 9.17) is 0 Å². The summed E-state index contributed by atoms with van der Waals surface area (Å²) in [4.78, 5) is 11.1. The molecule has 0 unspecified atom stereocenters. The fraction of sp³-hybridized carbons (Fsp3) is 0.952. The molecular weight excluding hydrogens is 284 g/mol. The molecule has 2 fully saturated rings. The third kappa shape index (κ3) is 6.57. The topological polar surface area (TPSA) is 37.3 Å². The maximum absolute atomic E-state index is 11.1. The lowest BCUT2D eigenvalue weighted by atomic mass is 9.67. The minimum Gasteiger partial charge on any atom is -0.396 e. The monoisotopic (exact) mass is 322 g/mol. The summed E-state index contributed by atoms with van der Waals surface area (Å²) < 4.78 is 0. The van der Waals surface area contributed by atoms with Crippen molar-refractivity contribution in [2.45, 2.75) is 109 Å². The van der Waals surface area contributed by atoms with Gasteiger partial charge in [-0.15, -0.1) is 0 Å². The summed E-state index contributed by atoms with van der Waals surface area (Å²) in [6.07, 6.45) is 23.3. The van der Waals surface area contributed by atoms with Gasteiger partial charge in [0.25, 0.3) is 0 Å². The van der Waals surface area contributed by atoms with E-state index in [9.17, 15) is 9.90 Å². The quantitative estimate of drug-likeness (QED) is 0.305. The molecule has 0 saturated heterocycles. The summed E-state index contributed by atoms with van der Waals surface area (Å²) in [5.74, 6) is 0. The van der Waals surface area contributed by atoms with Crippen LogP contribution in [0.1, 0.15) is 109 Å². The van der Waals surface area contributed by atoms with Crippen LogP contribution in [0.3, 0.4) is 0 Å². The number of aliphatic hydroxyl groups excluding tert-OH is 1. The molecule has 134 valence electrons. The number of aldehydes is 1. The fourth-order valence-electron chi connectivity index (χ4n) is 4.11.